The zero-order valence-electron chi connectivity index (χ0n) is 11.1. The molecular weight excluding hydrogens is 232 g/mol. The first kappa shape index (κ1) is 11.7. The molecule has 94 valence electrons. The van der Waals surface area contributed by atoms with E-state index in [2.05, 4.69) is 37.0 Å². The Morgan fingerprint density at radius 2 is 1.84 bits per heavy atom. The van der Waals surface area contributed by atoms with Gasteiger partial charge in [0, 0.05) is 23.5 Å². The highest BCUT2D eigenvalue weighted by Gasteiger charge is 2.08. The number of aromatic nitrogens is 1. The molecular formula is C17H16N2. The Hall–Kier alpha value is -2.35. The fraction of sp³-hybridized carbons (Fsp3) is 0.118. The summed E-state index contributed by atoms with van der Waals surface area (Å²) >= 11 is 0. The van der Waals surface area contributed by atoms with Gasteiger partial charge >= 0.3 is 0 Å². The van der Waals surface area contributed by atoms with Gasteiger partial charge in [-0.2, -0.15) is 0 Å². The molecule has 1 heterocycles. The summed E-state index contributed by atoms with van der Waals surface area (Å²) in [5.74, 6) is 0. The summed E-state index contributed by atoms with van der Waals surface area (Å²) in [5.41, 5.74) is 11.6. The van der Waals surface area contributed by atoms with E-state index in [0.29, 0.717) is 0 Å². The number of nitrogen functional groups attached to an aromatic ring is 1. The lowest BCUT2D eigenvalue weighted by Crippen LogP contribution is -1.91. The predicted molar refractivity (Wildman–Crippen MR) is 81.1 cm³/mol. The van der Waals surface area contributed by atoms with E-state index in [4.69, 9.17) is 5.73 Å². The summed E-state index contributed by atoms with van der Waals surface area (Å²) < 4.78 is 0. The Balaban J connectivity index is 2.34. The first-order chi connectivity index (χ1) is 9.16. The van der Waals surface area contributed by atoms with Gasteiger partial charge in [0.05, 0.1) is 0 Å². The van der Waals surface area contributed by atoms with Crippen molar-refractivity contribution in [3.63, 3.8) is 0 Å². The summed E-state index contributed by atoms with van der Waals surface area (Å²) in [6.45, 7) is 4.28. The van der Waals surface area contributed by atoms with Gasteiger partial charge in [0.1, 0.15) is 0 Å². The minimum absolute atomic E-state index is 0.796. The molecule has 0 saturated carbocycles. The maximum absolute atomic E-state index is 5.89. The fourth-order valence-corrected chi connectivity index (χ4v) is 2.59. The van der Waals surface area contributed by atoms with Crippen LogP contribution in [0.25, 0.3) is 21.9 Å². The third-order valence-electron chi connectivity index (χ3n) is 3.61. The molecule has 3 aromatic rings. The number of nitrogens with two attached hydrogens (primary N) is 1. The molecule has 0 aliphatic heterocycles. The molecule has 0 amide bonds. The minimum Gasteiger partial charge on any atom is -0.399 e. The summed E-state index contributed by atoms with van der Waals surface area (Å²) in [5, 5.41) is 2.47. The van der Waals surface area contributed by atoms with E-state index >= 15 is 0 Å². The number of pyridine rings is 1. The van der Waals surface area contributed by atoms with Crippen LogP contribution in [0.3, 0.4) is 0 Å². The van der Waals surface area contributed by atoms with Gasteiger partial charge in [-0.25, -0.2) is 0 Å². The number of hydrogen-bond acceptors (Lipinski definition) is 2. The molecule has 0 unspecified atom stereocenters. The molecule has 0 atom stereocenters. The van der Waals surface area contributed by atoms with Crippen LogP contribution < -0.4 is 5.73 Å². The van der Waals surface area contributed by atoms with Crippen molar-refractivity contribution < 1.29 is 0 Å². The van der Waals surface area contributed by atoms with Crippen LogP contribution in [0.5, 0.6) is 0 Å². The lowest BCUT2D eigenvalue weighted by atomic mass is 9.93. The lowest BCUT2D eigenvalue weighted by Gasteiger charge is -2.12. The van der Waals surface area contributed by atoms with Crippen LogP contribution in [-0.2, 0) is 0 Å². The summed E-state index contributed by atoms with van der Waals surface area (Å²) in [6, 6.07) is 12.3. The fourth-order valence-electron chi connectivity index (χ4n) is 2.59. The third kappa shape index (κ3) is 1.95. The van der Waals surface area contributed by atoms with Crippen molar-refractivity contribution in [3.8, 4) is 11.1 Å². The van der Waals surface area contributed by atoms with E-state index in [-0.39, 0.29) is 0 Å². The lowest BCUT2D eigenvalue weighted by molar-refractivity contribution is 1.34. The molecule has 0 aliphatic carbocycles. The normalized spacial score (nSPS) is 10.8. The Morgan fingerprint density at radius 3 is 2.63 bits per heavy atom. The number of nitrogens with zero attached hydrogens (tertiary/aromatic N) is 1. The SMILES string of the molecule is Cc1cc(-c2cccc(N)c2)c(C)c2ccncc12. The van der Waals surface area contributed by atoms with Crippen molar-refractivity contribution in [1.82, 2.24) is 4.98 Å². The molecule has 0 radical (unpaired) electrons. The summed E-state index contributed by atoms with van der Waals surface area (Å²) in [7, 11) is 0. The minimum atomic E-state index is 0.796. The van der Waals surface area contributed by atoms with Crippen LogP contribution in [0.1, 0.15) is 11.1 Å². The molecule has 0 fully saturated rings. The van der Waals surface area contributed by atoms with Gasteiger partial charge in [0.25, 0.3) is 0 Å². The maximum Gasteiger partial charge on any atom is 0.0349 e. The van der Waals surface area contributed by atoms with E-state index in [1.54, 1.807) is 0 Å². The molecule has 19 heavy (non-hydrogen) atoms. The van der Waals surface area contributed by atoms with Crippen LogP contribution in [0.4, 0.5) is 5.69 Å². The third-order valence-corrected chi connectivity index (χ3v) is 3.61. The Labute approximate surface area is 112 Å². The molecule has 0 saturated heterocycles. The van der Waals surface area contributed by atoms with Gasteiger partial charge in [-0.15, -0.1) is 0 Å². The van der Waals surface area contributed by atoms with Crippen molar-refractivity contribution in [3.05, 3.63) is 59.9 Å². The van der Waals surface area contributed by atoms with Crippen LogP contribution in [-0.4, -0.2) is 4.98 Å². The van der Waals surface area contributed by atoms with Crippen molar-refractivity contribution in [2.75, 3.05) is 5.73 Å². The van der Waals surface area contributed by atoms with Gasteiger partial charge in [0.15, 0.2) is 0 Å². The van der Waals surface area contributed by atoms with Crippen LogP contribution in [0.2, 0.25) is 0 Å². The number of aryl methyl sites for hydroxylation is 2. The van der Waals surface area contributed by atoms with Gasteiger partial charge in [0.2, 0.25) is 0 Å². The predicted octanol–water partition coefficient (Wildman–Crippen LogP) is 4.10. The van der Waals surface area contributed by atoms with Gasteiger partial charge in [-0.05, 0) is 59.7 Å². The molecule has 2 nitrogen and oxygen atoms in total. The highest BCUT2D eigenvalue weighted by atomic mass is 14.6. The Bertz CT molecular complexity index is 760. The topological polar surface area (TPSA) is 38.9 Å². The molecule has 0 spiro atoms. The van der Waals surface area contributed by atoms with Crippen molar-refractivity contribution in [2.45, 2.75) is 13.8 Å². The molecule has 2 heteroatoms. The second-order valence-corrected chi connectivity index (χ2v) is 4.91. The van der Waals surface area contributed by atoms with E-state index in [1.165, 1.54) is 33.0 Å². The van der Waals surface area contributed by atoms with E-state index in [0.717, 1.165) is 5.69 Å². The zero-order chi connectivity index (χ0) is 13.4. The number of fused-ring (bicyclic) bond motifs is 1. The maximum atomic E-state index is 5.89. The van der Waals surface area contributed by atoms with Crippen molar-refractivity contribution >= 4 is 16.5 Å². The van der Waals surface area contributed by atoms with Crippen LogP contribution in [0, 0.1) is 13.8 Å². The smallest absolute Gasteiger partial charge is 0.0349 e. The van der Waals surface area contributed by atoms with Crippen molar-refractivity contribution in [2.24, 2.45) is 0 Å². The van der Waals surface area contributed by atoms with Gasteiger partial charge in [-0.3, -0.25) is 4.98 Å². The molecule has 1 aromatic heterocycles. The molecule has 0 bridgehead atoms. The van der Waals surface area contributed by atoms with E-state index in [1.807, 2.05) is 30.6 Å². The standard InChI is InChI=1S/C17H16N2/c1-11-8-16(13-4-3-5-14(18)9-13)12(2)15-6-7-19-10-17(11)15/h3-10H,18H2,1-2H3. The first-order valence-electron chi connectivity index (χ1n) is 6.36. The molecule has 3 rings (SSSR count). The number of anilines is 1. The quantitative estimate of drug-likeness (QED) is 0.658. The zero-order valence-corrected chi connectivity index (χ0v) is 11.1. The summed E-state index contributed by atoms with van der Waals surface area (Å²) in [4.78, 5) is 4.21. The second-order valence-electron chi connectivity index (χ2n) is 4.91. The highest BCUT2D eigenvalue weighted by Crippen LogP contribution is 2.32. The number of hydrogen-bond donors (Lipinski definition) is 1. The van der Waals surface area contributed by atoms with Crippen molar-refractivity contribution in [1.29, 1.82) is 0 Å². The van der Waals surface area contributed by atoms with E-state index < -0.39 is 0 Å². The Kier molecular flexibility index (Phi) is 2.71. The summed E-state index contributed by atoms with van der Waals surface area (Å²) in [6.07, 6.45) is 3.78. The van der Waals surface area contributed by atoms with Crippen LogP contribution >= 0.6 is 0 Å². The average molecular weight is 248 g/mol. The van der Waals surface area contributed by atoms with Crippen LogP contribution in [0.15, 0.2) is 48.8 Å². The first-order valence-corrected chi connectivity index (χ1v) is 6.36. The number of benzene rings is 2. The largest absolute Gasteiger partial charge is 0.399 e. The van der Waals surface area contributed by atoms with E-state index in [9.17, 15) is 0 Å². The monoisotopic (exact) mass is 248 g/mol. The Morgan fingerprint density at radius 1 is 1.00 bits per heavy atom. The molecule has 2 aromatic carbocycles. The van der Waals surface area contributed by atoms with Gasteiger partial charge < -0.3 is 5.73 Å². The van der Waals surface area contributed by atoms with Gasteiger partial charge in [-0.1, -0.05) is 18.2 Å². The average Bonchev–Trinajstić information content (AvgIpc) is 2.43. The number of rotatable bonds is 1. The molecule has 0 aliphatic rings. The molecule has 2 N–H and O–H groups in total. The second kappa shape index (κ2) is 4.39. The highest BCUT2D eigenvalue weighted by molar-refractivity contribution is 5.93.